The molecule has 2 amide bonds. The number of amides is 2. The van der Waals surface area contributed by atoms with Crippen molar-refractivity contribution < 1.29 is 19.1 Å². The summed E-state index contributed by atoms with van der Waals surface area (Å²) in [5, 5.41) is 5.74. The van der Waals surface area contributed by atoms with Crippen LogP contribution in [-0.4, -0.2) is 30.4 Å². The van der Waals surface area contributed by atoms with Crippen molar-refractivity contribution in [2.75, 3.05) is 6.54 Å². The maximum atomic E-state index is 12.6. The average molecular weight is 403 g/mol. The van der Waals surface area contributed by atoms with E-state index in [1.54, 1.807) is 43.3 Å². The largest absolute Gasteiger partial charge is 0.452 e. The normalized spacial score (nSPS) is 12.5. The molecule has 28 heavy (non-hydrogen) atoms. The quantitative estimate of drug-likeness (QED) is 0.664. The monoisotopic (exact) mass is 402 g/mol. The lowest BCUT2D eigenvalue weighted by Crippen LogP contribution is -2.37. The van der Waals surface area contributed by atoms with Crippen LogP contribution in [0, 0.1) is 0 Å². The zero-order chi connectivity index (χ0) is 20.5. The summed E-state index contributed by atoms with van der Waals surface area (Å²) in [6.07, 6.45) is -1.03. The van der Waals surface area contributed by atoms with Crippen LogP contribution in [0.4, 0.5) is 0 Å². The number of carbonyl (C=O) groups excluding carboxylic acids is 3. The molecule has 0 aromatic heterocycles. The minimum absolute atomic E-state index is 0.121. The fraction of sp³-hybridized carbons (Fsp3) is 0.286. The second-order valence-corrected chi connectivity index (χ2v) is 6.55. The lowest BCUT2D eigenvalue weighted by molar-refractivity contribution is -0.155. The molecule has 0 fully saturated rings. The Kier molecular flexibility index (Phi) is 8.02. The van der Waals surface area contributed by atoms with Gasteiger partial charge in [0.1, 0.15) is 0 Å². The zero-order valence-electron chi connectivity index (χ0n) is 15.8. The average Bonchev–Trinajstić information content (AvgIpc) is 2.68. The van der Waals surface area contributed by atoms with Crippen LogP contribution in [-0.2, 0) is 14.3 Å². The van der Waals surface area contributed by atoms with Crippen LogP contribution in [0.25, 0.3) is 0 Å². The molecular weight excluding hydrogens is 380 g/mol. The van der Waals surface area contributed by atoms with Crippen LogP contribution in [0.1, 0.15) is 42.2 Å². The molecule has 0 heterocycles. The number of ether oxygens (including phenoxy) is 1. The molecule has 7 heteroatoms. The molecule has 0 aliphatic rings. The summed E-state index contributed by atoms with van der Waals surface area (Å²) in [5.74, 6) is -1.36. The van der Waals surface area contributed by atoms with E-state index in [1.165, 1.54) is 6.92 Å². The first-order valence-electron chi connectivity index (χ1n) is 9.00. The number of nitrogens with one attached hydrogen (secondary N) is 2. The fourth-order valence-corrected chi connectivity index (χ4v) is 2.82. The molecule has 0 radical (unpaired) electrons. The van der Waals surface area contributed by atoms with Crippen molar-refractivity contribution in [3.05, 3.63) is 70.7 Å². The van der Waals surface area contributed by atoms with Gasteiger partial charge in [-0.3, -0.25) is 14.4 Å². The standard InChI is InChI=1S/C21H23ClN2O4/c1-3-23-20(26)14(2)28-19(25)13-18(15-9-5-4-6-10-15)24-21(27)16-11-7-8-12-17(16)22/h4-12,14,18H,3,13H2,1-2H3,(H,23,26)(H,24,27)/t14-,18+/m1/s1. The van der Waals surface area contributed by atoms with E-state index in [1.807, 2.05) is 18.2 Å². The maximum absolute atomic E-state index is 12.6. The van der Waals surface area contributed by atoms with Crippen LogP contribution in [0.2, 0.25) is 5.02 Å². The van der Waals surface area contributed by atoms with Gasteiger partial charge in [0, 0.05) is 6.54 Å². The van der Waals surface area contributed by atoms with Gasteiger partial charge in [0.15, 0.2) is 6.10 Å². The summed E-state index contributed by atoms with van der Waals surface area (Å²) in [6.45, 7) is 3.73. The highest BCUT2D eigenvalue weighted by Crippen LogP contribution is 2.21. The van der Waals surface area contributed by atoms with Gasteiger partial charge in [0.05, 0.1) is 23.0 Å². The number of esters is 1. The second-order valence-electron chi connectivity index (χ2n) is 6.15. The first kappa shape index (κ1) is 21.4. The minimum Gasteiger partial charge on any atom is -0.452 e. The predicted octanol–water partition coefficient (Wildman–Crippen LogP) is 3.27. The number of rotatable bonds is 8. The van der Waals surface area contributed by atoms with E-state index in [4.69, 9.17) is 16.3 Å². The smallest absolute Gasteiger partial charge is 0.309 e. The second kappa shape index (κ2) is 10.5. The Labute approximate surface area is 169 Å². The molecule has 6 nitrogen and oxygen atoms in total. The third-order valence-electron chi connectivity index (χ3n) is 4.02. The molecule has 2 aromatic rings. The summed E-state index contributed by atoms with van der Waals surface area (Å²) in [4.78, 5) is 36.7. The van der Waals surface area contributed by atoms with Crippen molar-refractivity contribution in [3.63, 3.8) is 0 Å². The van der Waals surface area contributed by atoms with Crippen LogP contribution in [0.5, 0.6) is 0 Å². The molecule has 0 aliphatic heterocycles. The number of likely N-dealkylation sites (N-methyl/N-ethyl adjacent to an activating group) is 1. The molecule has 0 aliphatic carbocycles. The van der Waals surface area contributed by atoms with Gasteiger partial charge in [-0.25, -0.2) is 0 Å². The molecule has 0 bridgehead atoms. The Balaban J connectivity index is 2.12. The summed E-state index contributed by atoms with van der Waals surface area (Å²) in [6, 6.07) is 15.1. The summed E-state index contributed by atoms with van der Waals surface area (Å²) in [5.41, 5.74) is 1.06. The third kappa shape index (κ3) is 6.09. The van der Waals surface area contributed by atoms with Crippen LogP contribution in [0.15, 0.2) is 54.6 Å². The highest BCUT2D eigenvalue weighted by molar-refractivity contribution is 6.33. The van der Waals surface area contributed by atoms with Gasteiger partial charge in [0.25, 0.3) is 11.8 Å². The Morgan fingerprint density at radius 2 is 1.68 bits per heavy atom. The first-order chi connectivity index (χ1) is 13.4. The van der Waals surface area contributed by atoms with Crippen molar-refractivity contribution >= 4 is 29.4 Å². The highest BCUT2D eigenvalue weighted by Gasteiger charge is 2.23. The van der Waals surface area contributed by atoms with E-state index in [2.05, 4.69) is 10.6 Å². The molecule has 2 rings (SSSR count). The molecule has 0 saturated carbocycles. The van der Waals surface area contributed by atoms with E-state index in [-0.39, 0.29) is 12.3 Å². The Bertz CT molecular complexity index is 826. The molecule has 2 aromatic carbocycles. The Hall–Kier alpha value is -2.86. The number of benzene rings is 2. The van der Waals surface area contributed by atoms with Crippen molar-refractivity contribution in [2.45, 2.75) is 32.4 Å². The first-order valence-corrected chi connectivity index (χ1v) is 9.37. The summed E-state index contributed by atoms with van der Waals surface area (Å²) < 4.78 is 5.20. The summed E-state index contributed by atoms with van der Waals surface area (Å²) in [7, 11) is 0. The molecule has 0 spiro atoms. The lowest BCUT2D eigenvalue weighted by atomic mass is 10.0. The van der Waals surface area contributed by atoms with E-state index in [9.17, 15) is 14.4 Å². The van der Waals surface area contributed by atoms with Gasteiger partial charge in [-0.1, -0.05) is 54.1 Å². The summed E-state index contributed by atoms with van der Waals surface area (Å²) >= 11 is 6.09. The SMILES string of the molecule is CCNC(=O)[C@@H](C)OC(=O)C[C@H](NC(=O)c1ccccc1Cl)c1ccccc1. The van der Waals surface area contributed by atoms with Crippen molar-refractivity contribution in [1.29, 1.82) is 0 Å². The van der Waals surface area contributed by atoms with Crippen molar-refractivity contribution in [2.24, 2.45) is 0 Å². The molecule has 148 valence electrons. The molecule has 0 saturated heterocycles. The highest BCUT2D eigenvalue weighted by atomic mass is 35.5. The van der Waals surface area contributed by atoms with E-state index in [0.717, 1.165) is 5.56 Å². The fourth-order valence-electron chi connectivity index (χ4n) is 2.60. The topological polar surface area (TPSA) is 84.5 Å². The number of carbonyl (C=O) groups is 3. The van der Waals surface area contributed by atoms with Gasteiger partial charge in [0.2, 0.25) is 0 Å². The molecule has 0 unspecified atom stereocenters. The molecular formula is C21H23ClN2O4. The predicted molar refractivity (Wildman–Crippen MR) is 107 cm³/mol. The van der Waals surface area contributed by atoms with Crippen molar-refractivity contribution in [1.82, 2.24) is 10.6 Å². The number of hydrogen-bond acceptors (Lipinski definition) is 4. The van der Waals surface area contributed by atoms with E-state index >= 15 is 0 Å². The van der Waals surface area contributed by atoms with Gasteiger partial charge >= 0.3 is 5.97 Å². The van der Waals surface area contributed by atoms with Crippen molar-refractivity contribution in [3.8, 4) is 0 Å². The Morgan fingerprint density at radius 1 is 1.04 bits per heavy atom. The Morgan fingerprint density at radius 3 is 2.32 bits per heavy atom. The lowest BCUT2D eigenvalue weighted by Gasteiger charge is -2.20. The van der Waals surface area contributed by atoms with Gasteiger partial charge in [-0.05, 0) is 31.5 Å². The maximum Gasteiger partial charge on any atom is 0.309 e. The van der Waals surface area contributed by atoms with Gasteiger partial charge in [-0.2, -0.15) is 0 Å². The third-order valence-corrected chi connectivity index (χ3v) is 4.35. The van der Waals surface area contributed by atoms with Gasteiger partial charge in [-0.15, -0.1) is 0 Å². The van der Waals surface area contributed by atoms with Crippen LogP contribution in [0.3, 0.4) is 0 Å². The van der Waals surface area contributed by atoms with Crippen LogP contribution >= 0.6 is 11.6 Å². The molecule has 2 atom stereocenters. The number of hydrogen-bond donors (Lipinski definition) is 2. The molecule has 2 N–H and O–H groups in total. The number of halogens is 1. The van der Waals surface area contributed by atoms with Crippen LogP contribution < -0.4 is 10.6 Å². The van der Waals surface area contributed by atoms with Gasteiger partial charge < -0.3 is 15.4 Å². The zero-order valence-corrected chi connectivity index (χ0v) is 16.5. The minimum atomic E-state index is -0.914. The van der Waals surface area contributed by atoms with E-state index in [0.29, 0.717) is 17.1 Å². The van der Waals surface area contributed by atoms with E-state index < -0.39 is 24.0 Å².